The molecule has 0 aliphatic carbocycles. The molecule has 4 nitrogen and oxygen atoms in total. The molecule has 0 spiro atoms. The van der Waals surface area contributed by atoms with Crippen molar-refractivity contribution in [1.29, 1.82) is 0 Å². The van der Waals surface area contributed by atoms with Crippen molar-refractivity contribution in [2.45, 2.75) is 334 Å². The lowest BCUT2D eigenvalue weighted by Crippen LogP contribution is -2.32. The molecule has 0 saturated carbocycles. The Morgan fingerprint density at radius 3 is 0.407 bits per heavy atom. The van der Waals surface area contributed by atoms with Crippen LogP contribution in [0.3, 0.4) is 0 Å². The van der Waals surface area contributed by atoms with Crippen molar-refractivity contribution in [3.05, 3.63) is 425 Å². The average Bonchev–Trinajstić information content (AvgIpc) is 1.38. The molecule has 4 saturated heterocycles. The molecule has 0 aromatic heterocycles. The first kappa shape index (κ1) is 109. The number of hydrogen-bond donors (Lipinski definition) is 4. The first-order chi connectivity index (χ1) is 67.4. The van der Waals surface area contributed by atoms with Gasteiger partial charge in [0.1, 0.15) is 0 Å². The van der Waals surface area contributed by atoms with Gasteiger partial charge in [0.25, 0.3) is 0 Å². The smallest absolute Gasteiger partial charge is 0.0421 e. The third kappa shape index (κ3) is 24.6. The van der Waals surface area contributed by atoms with E-state index in [9.17, 15) is 0 Å². The second kappa shape index (κ2) is 49.2. The van der Waals surface area contributed by atoms with Crippen LogP contribution in [-0.2, 0) is 43.3 Å². The maximum absolute atomic E-state index is 3.77. The van der Waals surface area contributed by atoms with Crippen molar-refractivity contribution in [3.63, 3.8) is 0 Å². The van der Waals surface area contributed by atoms with E-state index in [0.717, 1.165) is 35.0 Å². The van der Waals surface area contributed by atoms with Gasteiger partial charge in [0.15, 0.2) is 0 Å². The summed E-state index contributed by atoms with van der Waals surface area (Å²) < 4.78 is 0. The van der Waals surface area contributed by atoms with E-state index in [1.807, 2.05) is 47.0 Å². The predicted octanol–water partition coefficient (Wildman–Crippen LogP) is 34.3. The molecule has 4 atom stereocenters. The van der Waals surface area contributed by atoms with Crippen LogP contribution in [0.4, 0.5) is 0 Å². The summed E-state index contributed by atoms with van der Waals surface area (Å²) in [6.45, 7) is 55.3. The maximum atomic E-state index is 3.77. The zero-order valence-electron chi connectivity index (χ0n) is 90.1. The highest BCUT2D eigenvalue weighted by molar-refractivity contribution is 8.00. The summed E-state index contributed by atoms with van der Waals surface area (Å²) in [5, 5.41) is 15.1. The summed E-state index contributed by atoms with van der Waals surface area (Å²) in [5.41, 5.74) is 34.6. The number of thioether (sulfide) groups is 4. The Bertz CT molecular complexity index is 5000. The highest BCUT2D eigenvalue weighted by atomic mass is 32.2. The molecule has 0 amide bonds. The number of aryl methyl sites for hydroxylation is 4. The van der Waals surface area contributed by atoms with Crippen LogP contribution in [0, 0.1) is 27.7 Å². The van der Waals surface area contributed by atoms with Gasteiger partial charge in [-0.25, -0.2) is 0 Å². The van der Waals surface area contributed by atoms with E-state index in [4.69, 9.17) is 0 Å². The monoisotopic (exact) mass is 1940 g/mol. The molecule has 4 heterocycles. The fraction of sp³-hybridized carbons (Fsp3) is 0.455. The summed E-state index contributed by atoms with van der Waals surface area (Å²) in [5.74, 6) is 10.3. The van der Waals surface area contributed by atoms with Crippen LogP contribution in [0.15, 0.2) is 291 Å². The predicted molar refractivity (Wildman–Crippen MR) is 619 cm³/mol. The lowest BCUT2D eigenvalue weighted by molar-refractivity contribution is 0.381. The summed E-state index contributed by atoms with van der Waals surface area (Å²) in [6.07, 6.45) is 14.5. The number of nitrogens with one attached hydrogen (secondary N) is 4. The fourth-order valence-corrected chi connectivity index (χ4v) is 27.8. The van der Waals surface area contributed by atoms with Crippen LogP contribution in [0.1, 0.15) is 373 Å². The molecule has 4 aliphatic rings. The van der Waals surface area contributed by atoms with Crippen LogP contribution in [0.5, 0.6) is 0 Å². The summed E-state index contributed by atoms with van der Waals surface area (Å²) in [7, 11) is 0. The van der Waals surface area contributed by atoms with E-state index >= 15 is 0 Å². The molecule has 0 unspecified atom stereocenters. The minimum Gasteiger partial charge on any atom is -0.303 e. The van der Waals surface area contributed by atoms with Gasteiger partial charge in [0.05, 0.1) is 0 Å². The summed E-state index contributed by atoms with van der Waals surface area (Å²) in [6, 6.07) is 114. The summed E-state index contributed by atoms with van der Waals surface area (Å²) >= 11 is 8.05. The fourth-order valence-electron chi connectivity index (χ4n) is 23.7. The van der Waals surface area contributed by atoms with Gasteiger partial charge in [0, 0.05) is 116 Å². The van der Waals surface area contributed by atoms with E-state index in [2.05, 4.69) is 479 Å². The van der Waals surface area contributed by atoms with Crippen LogP contribution in [0.2, 0.25) is 0 Å². The Morgan fingerprint density at radius 2 is 0.300 bits per heavy atom. The lowest BCUT2D eigenvalue weighted by atomic mass is 9.72. The Balaban J connectivity index is 0.000000158. The van der Waals surface area contributed by atoms with Crippen molar-refractivity contribution in [3.8, 4) is 0 Å². The molecule has 744 valence electrons. The number of rotatable bonds is 36. The first-order valence-electron chi connectivity index (χ1n) is 53.7. The minimum atomic E-state index is -0.0353. The normalized spacial score (nSPS) is 16.7. The van der Waals surface area contributed by atoms with E-state index in [0.29, 0.717) is 69.5 Å². The molecule has 0 bridgehead atoms. The van der Waals surface area contributed by atoms with Crippen LogP contribution >= 0.6 is 47.0 Å². The van der Waals surface area contributed by atoms with Gasteiger partial charge in [-0.2, -0.15) is 0 Å². The van der Waals surface area contributed by atoms with Crippen molar-refractivity contribution < 1.29 is 0 Å². The van der Waals surface area contributed by atoms with E-state index in [1.165, 1.54) is 222 Å². The minimum absolute atomic E-state index is 0.0353. The molecule has 12 aromatic rings. The molecular formula is C132H172N4S4. The Kier molecular flexibility index (Phi) is 38.3. The van der Waals surface area contributed by atoms with Crippen molar-refractivity contribution >= 4 is 47.0 Å². The van der Waals surface area contributed by atoms with Gasteiger partial charge >= 0.3 is 0 Å². The van der Waals surface area contributed by atoms with Gasteiger partial charge in [-0.05, 0) is 238 Å². The molecule has 4 N–H and O–H groups in total. The lowest BCUT2D eigenvalue weighted by Gasteiger charge is -2.33. The maximum Gasteiger partial charge on any atom is 0.0421 e. The van der Waals surface area contributed by atoms with E-state index < -0.39 is 0 Å². The van der Waals surface area contributed by atoms with Crippen molar-refractivity contribution in [2.24, 2.45) is 0 Å². The Hall–Kier alpha value is -8.12. The van der Waals surface area contributed by atoms with Gasteiger partial charge in [0.2, 0.25) is 0 Å². The number of benzene rings is 12. The second-order valence-corrected chi connectivity index (χ2v) is 47.6. The van der Waals surface area contributed by atoms with Gasteiger partial charge in [-0.1, -0.05) is 452 Å². The Labute approximate surface area is 867 Å². The van der Waals surface area contributed by atoms with Crippen LogP contribution in [-0.4, -0.2) is 70.7 Å². The standard InChI is InChI=1S/2C36H41NS.2C30H45NS/c2*1-25-7-15-29(16-8-25)35(3,4)31-19-11-27(12-20-31)34(33-23-38-24-37-33)28-13-21-32(22-14-28)36(5,6)30-17-9-26(2)10-18-30;2*1-7-29(8-2,9-3)25-17-13-23(14-18-25)28(27-21-32-22-31-27)24-15-19-26(20-16-24)30(10-4,11-5)12-6/h2*7-22,33-34,37H,23-24H2,1-6H3;2*13-20,27-28,31H,7-12,21-22H2,1-6H3/t2*33-;2*27-/m1010/s1. The third-order valence-electron chi connectivity index (χ3n) is 35.3. The van der Waals surface area contributed by atoms with Crippen LogP contribution in [0.25, 0.3) is 0 Å². The highest BCUT2D eigenvalue weighted by Crippen LogP contribution is 2.47. The Morgan fingerprint density at radius 1 is 0.186 bits per heavy atom. The zero-order chi connectivity index (χ0) is 100. The largest absolute Gasteiger partial charge is 0.303 e. The average molecular weight is 1940 g/mol. The molecule has 12 aromatic carbocycles. The van der Waals surface area contributed by atoms with Crippen LogP contribution < -0.4 is 21.3 Å². The molecule has 16 rings (SSSR count). The quantitative estimate of drug-likeness (QED) is 0.0310. The van der Waals surface area contributed by atoms with Gasteiger partial charge in [-0.15, -0.1) is 47.0 Å². The molecule has 4 fully saturated rings. The SMILES string of the molecule is CCC(CC)(CC)c1ccc(C(c2ccc(C(CC)(CC)CC)cc2)[C@@H]2CSCN2)cc1.CCC(CC)(CC)c1ccc(C(c2ccc(C(CC)(CC)CC)cc2)[C@H]2CSCN2)cc1.Cc1ccc(C(C)(C)c2ccc(C(c3ccc(C(C)(C)c4ccc(C)cc4)cc3)[C@@H]3CSCN3)cc2)cc1.Cc1ccc(C(C)(C)c2ccc(C(c3ccc(C(C)(C)c4ccc(C)cc4)cc3)[C@H]3CSCN3)cc2)cc1. The molecule has 4 aliphatic heterocycles. The molecule has 0 radical (unpaired) electrons. The first-order valence-corrected chi connectivity index (χ1v) is 58.4. The zero-order valence-corrected chi connectivity index (χ0v) is 93.4. The topological polar surface area (TPSA) is 48.1 Å². The van der Waals surface area contributed by atoms with E-state index in [-0.39, 0.29) is 21.7 Å². The molecule has 8 heteroatoms. The van der Waals surface area contributed by atoms with Gasteiger partial charge in [-0.3, -0.25) is 0 Å². The molecular weight excluding hydrogens is 1770 g/mol. The second-order valence-electron chi connectivity index (χ2n) is 43.5. The van der Waals surface area contributed by atoms with Gasteiger partial charge < -0.3 is 21.3 Å². The third-order valence-corrected chi connectivity index (χ3v) is 39.2. The van der Waals surface area contributed by atoms with Crippen molar-refractivity contribution in [1.82, 2.24) is 21.3 Å². The highest BCUT2D eigenvalue weighted by Gasteiger charge is 2.39. The van der Waals surface area contributed by atoms with E-state index in [1.54, 1.807) is 0 Å². The molecule has 140 heavy (non-hydrogen) atoms. The number of hydrogen-bond acceptors (Lipinski definition) is 8. The summed E-state index contributed by atoms with van der Waals surface area (Å²) in [4.78, 5) is 0. The van der Waals surface area contributed by atoms with Crippen molar-refractivity contribution in [2.75, 3.05) is 46.5 Å².